The van der Waals surface area contributed by atoms with Gasteiger partial charge in [0.15, 0.2) is 5.82 Å². The zero-order valence-electron chi connectivity index (χ0n) is 15.5. The molecule has 0 amide bonds. The quantitative estimate of drug-likeness (QED) is 0.654. The number of nitrogens with one attached hydrogen (secondary N) is 1. The van der Waals surface area contributed by atoms with Crippen molar-refractivity contribution in [2.75, 3.05) is 31.5 Å². The van der Waals surface area contributed by atoms with Crippen LogP contribution in [0.3, 0.4) is 0 Å². The van der Waals surface area contributed by atoms with Crippen LogP contribution in [-0.4, -0.2) is 45.6 Å². The van der Waals surface area contributed by atoms with Crippen molar-refractivity contribution < 1.29 is 0 Å². The number of anilines is 1. The van der Waals surface area contributed by atoms with E-state index in [1.807, 2.05) is 36.4 Å². The fourth-order valence-electron chi connectivity index (χ4n) is 3.64. The van der Waals surface area contributed by atoms with Gasteiger partial charge in [-0.3, -0.25) is 14.3 Å². The number of rotatable bonds is 7. The molecule has 2 aromatic heterocycles. The number of hydrogen-bond donors (Lipinski definition) is 1. The van der Waals surface area contributed by atoms with E-state index in [0.717, 1.165) is 36.1 Å². The first-order chi connectivity index (χ1) is 13.3. The molecule has 140 valence electrons. The highest BCUT2D eigenvalue weighted by molar-refractivity contribution is 5.75. The molecule has 1 aromatic carbocycles. The number of aromatic nitrogens is 3. The fourth-order valence-corrected chi connectivity index (χ4v) is 3.64. The average Bonchev–Trinajstić information content (AvgIpc) is 3.22. The standard InChI is InChI=1S/C21H25N5O/c27-21-20(23-10-6-14-25-12-4-5-13-25)24-18-9-11-22-15-19(18)26(21)16-17-7-2-1-3-8-17/h1-3,7-9,11,15H,4-6,10,12-14,16H2,(H,23,24). The molecule has 0 saturated carbocycles. The zero-order valence-corrected chi connectivity index (χ0v) is 15.5. The molecule has 0 atom stereocenters. The third-order valence-electron chi connectivity index (χ3n) is 5.07. The van der Waals surface area contributed by atoms with Gasteiger partial charge in [-0.2, -0.15) is 0 Å². The van der Waals surface area contributed by atoms with Gasteiger partial charge in [0.25, 0.3) is 5.56 Å². The highest BCUT2D eigenvalue weighted by Gasteiger charge is 2.13. The van der Waals surface area contributed by atoms with E-state index >= 15 is 0 Å². The summed E-state index contributed by atoms with van der Waals surface area (Å²) >= 11 is 0. The molecule has 27 heavy (non-hydrogen) atoms. The van der Waals surface area contributed by atoms with Gasteiger partial charge in [-0.05, 0) is 50.5 Å². The van der Waals surface area contributed by atoms with Gasteiger partial charge in [-0.15, -0.1) is 0 Å². The lowest BCUT2D eigenvalue weighted by Gasteiger charge is -2.15. The van der Waals surface area contributed by atoms with Crippen molar-refractivity contribution >= 4 is 16.9 Å². The average molecular weight is 363 g/mol. The number of likely N-dealkylation sites (tertiary alicyclic amines) is 1. The van der Waals surface area contributed by atoms with Crippen LogP contribution >= 0.6 is 0 Å². The van der Waals surface area contributed by atoms with Crippen molar-refractivity contribution in [2.24, 2.45) is 0 Å². The van der Waals surface area contributed by atoms with E-state index in [1.54, 1.807) is 17.0 Å². The molecule has 1 N–H and O–H groups in total. The second-order valence-electron chi connectivity index (χ2n) is 7.03. The Morgan fingerprint density at radius 3 is 2.70 bits per heavy atom. The van der Waals surface area contributed by atoms with Crippen molar-refractivity contribution in [3.05, 3.63) is 64.7 Å². The summed E-state index contributed by atoms with van der Waals surface area (Å²) in [4.78, 5) is 24.2. The van der Waals surface area contributed by atoms with Crippen molar-refractivity contribution in [1.82, 2.24) is 19.4 Å². The van der Waals surface area contributed by atoms with Crippen LogP contribution in [0.2, 0.25) is 0 Å². The van der Waals surface area contributed by atoms with Crippen molar-refractivity contribution in [1.29, 1.82) is 0 Å². The fraction of sp³-hybridized carbons (Fsp3) is 0.381. The molecule has 0 radical (unpaired) electrons. The third-order valence-corrected chi connectivity index (χ3v) is 5.07. The number of nitrogens with zero attached hydrogens (tertiary/aromatic N) is 4. The van der Waals surface area contributed by atoms with Crippen LogP contribution in [0.1, 0.15) is 24.8 Å². The summed E-state index contributed by atoms with van der Waals surface area (Å²) in [5, 5.41) is 3.26. The first-order valence-corrected chi connectivity index (χ1v) is 9.66. The molecule has 6 heteroatoms. The maximum atomic E-state index is 13.0. The molecular formula is C21H25N5O. The zero-order chi connectivity index (χ0) is 18.5. The molecule has 0 unspecified atom stereocenters. The summed E-state index contributed by atoms with van der Waals surface area (Å²) in [6, 6.07) is 11.9. The van der Waals surface area contributed by atoms with E-state index in [1.165, 1.54) is 25.9 Å². The second kappa shape index (κ2) is 8.31. The van der Waals surface area contributed by atoms with E-state index in [0.29, 0.717) is 12.4 Å². The molecule has 1 aliphatic heterocycles. The van der Waals surface area contributed by atoms with E-state index < -0.39 is 0 Å². The predicted octanol–water partition coefficient (Wildman–Crippen LogP) is 2.74. The van der Waals surface area contributed by atoms with Crippen LogP contribution in [0.25, 0.3) is 11.0 Å². The Labute approximate surface area is 158 Å². The Kier molecular flexibility index (Phi) is 5.44. The van der Waals surface area contributed by atoms with E-state index in [-0.39, 0.29) is 5.56 Å². The van der Waals surface area contributed by atoms with Crippen LogP contribution in [0.15, 0.2) is 53.6 Å². The first kappa shape index (κ1) is 17.7. The smallest absolute Gasteiger partial charge is 0.294 e. The number of pyridine rings is 1. The predicted molar refractivity (Wildman–Crippen MR) is 108 cm³/mol. The van der Waals surface area contributed by atoms with E-state index in [9.17, 15) is 4.79 Å². The number of benzene rings is 1. The topological polar surface area (TPSA) is 63.1 Å². The van der Waals surface area contributed by atoms with Gasteiger partial charge in [-0.25, -0.2) is 4.98 Å². The van der Waals surface area contributed by atoms with E-state index in [4.69, 9.17) is 0 Å². The molecule has 1 aliphatic rings. The molecule has 4 rings (SSSR count). The van der Waals surface area contributed by atoms with Crippen molar-refractivity contribution in [2.45, 2.75) is 25.8 Å². The van der Waals surface area contributed by atoms with Crippen LogP contribution in [0.5, 0.6) is 0 Å². The summed E-state index contributed by atoms with van der Waals surface area (Å²) < 4.78 is 1.76. The van der Waals surface area contributed by atoms with Crippen LogP contribution < -0.4 is 10.9 Å². The minimum absolute atomic E-state index is 0.0967. The SMILES string of the molecule is O=c1c(NCCCN2CCCC2)nc2ccncc2n1Cc1ccccc1. The number of fused-ring (bicyclic) bond motifs is 1. The Morgan fingerprint density at radius 2 is 1.89 bits per heavy atom. The van der Waals surface area contributed by atoms with Gasteiger partial charge in [0.1, 0.15) is 0 Å². The van der Waals surface area contributed by atoms with Crippen LogP contribution in [0, 0.1) is 0 Å². The van der Waals surface area contributed by atoms with Crippen LogP contribution in [-0.2, 0) is 6.54 Å². The molecule has 3 aromatic rings. The molecule has 1 fully saturated rings. The largest absolute Gasteiger partial charge is 0.365 e. The van der Waals surface area contributed by atoms with E-state index in [2.05, 4.69) is 20.2 Å². The summed E-state index contributed by atoms with van der Waals surface area (Å²) in [6.45, 7) is 4.73. The monoisotopic (exact) mass is 363 g/mol. The van der Waals surface area contributed by atoms with Crippen molar-refractivity contribution in [3.8, 4) is 0 Å². The van der Waals surface area contributed by atoms with Gasteiger partial charge in [-0.1, -0.05) is 30.3 Å². The second-order valence-corrected chi connectivity index (χ2v) is 7.03. The molecule has 6 nitrogen and oxygen atoms in total. The molecule has 0 spiro atoms. The van der Waals surface area contributed by atoms with Gasteiger partial charge < -0.3 is 10.2 Å². The highest BCUT2D eigenvalue weighted by atomic mass is 16.1. The Bertz CT molecular complexity index is 948. The van der Waals surface area contributed by atoms with Gasteiger partial charge >= 0.3 is 0 Å². The van der Waals surface area contributed by atoms with Gasteiger partial charge in [0, 0.05) is 12.7 Å². The molecule has 0 aliphatic carbocycles. The molecule has 0 bridgehead atoms. The van der Waals surface area contributed by atoms with Gasteiger partial charge in [0.2, 0.25) is 0 Å². The highest BCUT2D eigenvalue weighted by Crippen LogP contribution is 2.13. The number of hydrogen-bond acceptors (Lipinski definition) is 5. The third kappa shape index (κ3) is 4.17. The van der Waals surface area contributed by atoms with Gasteiger partial charge in [0.05, 0.1) is 23.8 Å². The summed E-state index contributed by atoms with van der Waals surface area (Å²) in [6.07, 6.45) is 7.04. The lowest BCUT2D eigenvalue weighted by atomic mass is 10.2. The molecule has 1 saturated heterocycles. The minimum Gasteiger partial charge on any atom is -0.365 e. The van der Waals surface area contributed by atoms with Crippen molar-refractivity contribution in [3.63, 3.8) is 0 Å². The summed E-state index contributed by atoms with van der Waals surface area (Å²) in [5.41, 5.74) is 2.52. The summed E-state index contributed by atoms with van der Waals surface area (Å²) in [5.74, 6) is 0.422. The summed E-state index contributed by atoms with van der Waals surface area (Å²) in [7, 11) is 0. The lowest BCUT2D eigenvalue weighted by Crippen LogP contribution is -2.27. The molecular weight excluding hydrogens is 338 g/mol. The molecule has 3 heterocycles. The Balaban J connectivity index is 1.55. The minimum atomic E-state index is -0.0967. The first-order valence-electron chi connectivity index (χ1n) is 9.66. The Hall–Kier alpha value is -2.73. The lowest BCUT2D eigenvalue weighted by molar-refractivity contribution is 0.337. The normalized spacial score (nSPS) is 14.7. The Morgan fingerprint density at radius 1 is 1.07 bits per heavy atom. The maximum absolute atomic E-state index is 13.0. The maximum Gasteiger partial charge on any atom is 0.294 e. The van der Waals surface area contributed by atoms with Crippen LogP contribution in [0.4, 0.5) is 5.82 Å².